The Balaban J connectivity index is 1.93. The van der Waals surface area contributed by atoms with Crippen LogP contribution < -0.4 is 5.32 Å². The summed E-state index contributed by atoms with van der Waals surface area (Å²) in [6.45, 7) is 8.31. The predicted octanol–water partition coefficient (Wildman–Crippen LogP) is 3.48. The summed E-state index contributed by atoms with van der Waals surface area (Å²) in [5.74, 6) is -0.177. The van der Waals surface area contributed by atoms with Crippen LogP contribution in [0.15, 0.2) is 24.3 Å². The minimum absolute atomic E-state index is 0.0383. The summed E-state index contributed by atoms with van der Waals surface area (Å²) in [7, 11) is 0. The van der Waals surface area contributed by atoms with E-state index in [-0.39, 0.29) is 17.8 Å². The van der Waals surface area contributed by atoms with Crippen molar-refractivity contribution in [2.24, 2.45) is 0 Å². The number of amides is 1. The van der Waals surface area contributed by atoms with E-state index >= 15 is 0 Å². The molecule has 2 rings (SSSR count). The zero-order valence-electron chi connectivity index (χ0n) is 14.6. The van der Waals surface area contributed by atoms with Crippen molar-refractivity contribution in [3.8, 4) is 0 Å². The molecule has 0 aromatic heterocycles. The lowest BCUT2D eigenvalue weighted by Crippen LogP contribution is -2.48. The van der Waals surface area contributed by atoms with Crippen LogP contribution in [0.25, 0.3) is 0 Å². The van der Waals surface area contributed by atoms with Crippen LogP contribution in [0.1, 0.15) is 52.0 Å². The fourth-order valence-electron chi connectivity index (χ4n) is 3.21. The number of hydrogen-bond acceptors (Lipinski definition) is 2. The SMILES string of the molecule is CC(C(=O)NCC(C)(C)c1ccccc1F)N1CCCCCC1. The van der Waals surface area contributed by atoms with E-state index in [1.54, 1.807) is 12.1 Å². The highest BCUT2D eigenvalue weighted by atomic mass is 19.1. The molecule has 1 aromatic carbocycles. The van der Waals surface area contributed by atoms with Crippen molar-refractivity contribution in [1.82, 2.24) is 10.2 Å². The van der Waals surface area contributed by atoms with Gasteiger partial charge in [0.2, 0.25) is 5.91 Å². The minimum atomic E-state index is -0.431. The van der Waals surface area contributed by atoms with Gasteiger partial charge >= 0.3 is 0 Å². The second-order valence-corrected chi connectivity index (χ2v) is 7.21. The number of nitrogens with zero attached hydrogens (tertiary/aromatic N) is 1. The van der Waals surface area contributed by atoms with Crippen molar-refractivity contribution in [2.75, 3.05) is 19.6 Å². The molecule has 0 bridgehead atoms. The van der Waals surface area contributed by atoms with E-state index in [1.165, 1.54) is 31.7 Å². The summed E-state index contributed by atoms with van der Waals surface area (Å²) in [6, 6.07) is 6.67. The van der Waals surface area contributed by atoms with Gasteiger partial charge < -0.3 is 5.32 Å². The van der Waals surface area contributed by atoms with Crippen molar-refractivity contribution < 1.29 is 9.18 Å². The summed E-state index contributed by atoms with van der Waals surface area (Å²) in [5, 5.41) is 3.02. The smallest absolute Gasteiger partial charge is 0.237 e. The summed E-state index contributed by atoms with van der Waals surface area (Å²) >= 11 is 0. The molecule has 1 heterocycles. The topological polar surface area (TPSA) is 32.3 Å². The molecule has 1 saturated heterocycles. The van der Waals surface area contributed by atoms with Crippen LogP contribution in [-0.2, 0) is 10.2 Å². The number of halogens is 1. The molecule has 0 saturated carbocycles. The van der Waals surface area contributed by atoms with Crippen molar-refractivity contribution in [3.05, 3.63) is 35.6 Å². The maximum atomic E-state index is 14.0. The highest BCUT2D eigenvalue weighted by Crippen LogP contribution is 2.25. The summed E-state index contributed by atoms with van der Waals surface area (Å²) < 4.78 is 14.0. The van der Waals surface area contributed by atoms with Crippen LogP contribution in [0.5, 0.6) is 0 Å². The van der Waals surface area contributed by atoms with E-state index in [0.29, 0.717) is 12.1 Å². The first-order valence-electron chi connectivity index (χ1n) is 8.68. The molecule has 23 heavy (non-hydrogen) atoms. The van der Waals surface area contributed by atoms with Gasteiger partial charge in [0, 0.05) is 12.0 Å². The summed E-state index contributed by atoms with van der Waals surface area (Å²) in [6.07, 6.45) is 4.84. The molecule has 4 heteroatoms. The monoisotopic (exact) mass is 320 g/mol. The second-order valence-electron chi connectivity index (χ2n) is 7.21. The Bertz CT molecular complexity index is 522. The molecule has 3 nitrogen and oxygen atoms in total. The van der Waals surface area contributed by atoms with Crippen molar-refractivity contribution in [2.45, 2.75) is 57.9 Å². The molecule has 1 amide bonds. The molecule has 1 atom stereocenters. The normalized spacial score (nSPS) is 18.3. The second kappa shape index (κ2) is 7.91. The van der Waals surface area contributed by atoms with Gasteiger partial charge in [-0.2, -0.15) is 0 Å². The molecule has 1 fully saturated rings. The van der Waals surface area contributed by atoms with Crippen molar-refractivity contribution in [3.63, 3.8) is 0 Å². The van der Waals surface area contributed by atoms with Crippen LogP contribution >= 0.6 is 0 Å². The summed E-state index contributed by atoms with van der Waals surface area (Å²) in [4.78, 5) is 14.7. The first-order chi connectivity index (χ1) is 10.9. The minimum Gasteiger partial charge on any atom is -0.354 e. The quantitative estimate of drug-likeness (QED) is 0.901. The Morgan fingerprint density at radius 3 is 2.43 bits per heavy atom. The first-order valence-corrected chi connectivity index (χ1v) is 8.68. The van der Waals surface area contributed by atoms with Gasteiger partial charge in [-0.05, 0) is 44.5 Å². The molecule has 0 spiro atoms. The third kappa shape index (κ3) is 4.77. The lowest BCUT2D eigenvalue weighted by atomic mass is 9.84. The van der Waals surface area contributed by atoms with Gasteiger partial charge in [-0.25, -0.2) is 4.39 Å². The highest BCUT2D eigenvalue weighted by molar-refractivity contribution is 5.81. The Morgan fingerprint density at radius 2 is 1.83 bits per heavy atom. The number of likely N-dealkylation sites (tertiary alicyclic amines) is 1. The number of carbonyl (C=O) groups is 1. The molecule has 128 valence electrons. The van der Waals surface area contributed by atoms with Crippen molar-refractivity contribution in [1.29, 1.82) is 0 Å². The van der Waals surface area contributed by atoms with Gasteiger partial charge in [0.05, 0.1) is 6.04 Å². The average Bonchev–Trinajstić information content (AvgIpc) is 2.81. The van der Waals surface area contributed by atoms with Crippen LogP contribution in [-0.4, -0.2) is 36.5 Å². The molecular weight excluding hydrogens is 291 g/mol. The molecule has 1 unspecified atom stereocenters. The number of hydrogen-bond donors (Lipinski definition) is 1. The Hall–Kier alpha value is -1.42. The van der Waals surface area contributed by atoms with Crippen LogP contribution in [0.4, 0.5) is 4.39 Å². The van der Waals surface area contributed by atoms with E-state index in [4.69, 9.17) is 0 Å². The standard InChI is InChI=1S/C19H29FN2O/c1-15(22-12-8-4-5-9-13-22)18(23)21-14-19(2,3)16-10-6-7-11-17(16)20/h6-7,10-11,15H,4-5,8-9,12-14H2,1-3H3,(H,21,23). The fraction of sp³-hybridized carbons (Fsp3) is 0.632. The Labute approximate surface area is 139 Å². The molecule has 1 aromatic rings. The van der Waals surface area contributed by atoms with Gasteiger partial charge in [0.25, 0.3) is 0 Å². The van der Waals surface area contributed by atoms with Gasteiger partial charge in [-0.15, -0.1) is 0 Å². The van der Waals surface area contributed by atoms with Gasteiger partial charge in [-0.3, -0.25) is 9.69 Å². The number of benzene rings is 1. The first kappa shape index (κ1) is 17.9. The molecule has 0 radical (unpaired) electrons. The Morgan fingerprint density at radius 1 is 1.22 bits per heavy atom. The van der Waals surface area contributed by atoms with Crippen LogP contribution in [0.3, 0.4) is 0 Å². The van der Waals surface area contributed by atoms with E-state index in [1.807, 2.05) is 26.8 Å². The van der Waals surface area contributed by atoms with Gasteiger partial charge in [0.15, 0.2) is 0 Å². The van der Waals surface area contributed by atoms with E-state index < -0.39 is 5.41 Å². The third-order valence-electron chi connectivity index (χ3n) is 4.88. The molecule has 1 N–H and O–H groups in total. The number of carbonyl (C=O) groups excluding carboxylic acids is 1. The molecule has 0 aliphatic carbocycles. The molecule has 1 aliphatic heterocycles. The summed E-state index contributed by atoms with van der Waals surface area (Å²) in [5.41, 5.74) is 0.210. The van der Waals surface area contributed by atoms with Gasteiger partial charge in [0.1, 0.15) is 5.82 Å². The zero-order chi connectivity index (χ0) is 16.9. The van der Waals surface area contributed by atoms with E-state index in [9.17, 15) is 9.18 Å². The maximum absolute atomic E-state index is 14.0. The molecule has 1 aliphatic rings. The van der Waals surface area contributed by atoms with Gasteiger partial charge in [-0.1, -0.05) is 44.9 Å². The molecular formula is C19H29FN2O. The van der Waals surface area contributed by atoms with E-state index in [0.717, 1.165) is 13.1 Å². The lowest BCUT2D eigenvalue weighted by molar-refractivity contribution is -0.126. The number of rotatable bonds is 5. The zero-order valence-corrected chi connectivity index (χ0v) is 14.6. The average molecular weight is 320 g/mol. The van der Waals surface area contributed by atoms with Crippen LogP contribution in [0, 0.1) is 5.82 Å². The lowest BCUT2D eigenvalue weighted by Gasteiger charge is -2.30. The van der Waals surface area contributed by atoms with E-state index in [2.05, 4.69) is 10.2 Å². The van der Waals surface area contributed by atoms with Crippen molar-refractivity contribution >= 4 is 5.91 Å². The van der Waals surface area contributed by atoms with Crippen LogP contribution in [0.2, 0.25) is 0 Å². The fourth-order valence-corrected chi connectivity index (χ4v) is 3.21. The Kier molecular flexibility index (Phi) is 6.17. The number of nitrogens with one attached hydrogen (secondary N) is 1. The maximum Gasteiger partial charge on any atom is 0.237 e. The third-order valence-corrected chi connectivity index (χ3v) is 4.88. The highest BCUT2D eigenvalue weighted by Gasteiger charge is 2.27. The predicted molar refractivity (Wildman–Crippen MR) is 91.9 cm³/mol. The largest absolute Gasteiger partial charge is 0.354 e.